The van der Waals surface area contributed by atoms with Crippen LogP contribution in [0.4, 0.5) is 14.9 Å². The van der Waals surface area contributed by atoms with Gasteiger partial charge in [0.15, 0.2) is 11.3 Å². The summed E-state index contributed by atoms with van der Waals surface area (Å²) in [4.78, 5) is 20.6. The number of aromatic nitrogens is 2. The summed E-state index contributed by atoms with van der Waals surface area (Å²) in [6, 6.07) is 6.04. The molecule has 1 N–H and O–H groups in total. The van der Waals surface area contributed by atoms with Crippen molar-refractivity contribution in [2.75, 3.05) is 13.2 Å². The number of alkyl carbamates (subject to hydrolysis) is 1. The number of nitrogens with one attached hydrogen (secondary N) is 1. The van der Waals surface area contributed by atoms with Gasteiger partial charge in [0.1, 0.15) is 17.0 Å². The van der Waals surface area contributed by atoms with Gasteiger partial charge in [-0.15, -0.1) is 0 Å². The van der Waals surface area contributed by atoms with E-state index in [9.17, 15) is 9.18 Å². The Labute approximate surface area is 204 Å². The van der Waals surface area contributed by atoms with Crippen LogP contribution in [0.2, 0.25) is 10.0 Å². The van der Waals surface area contributed by atoms with Crippen molar-refractivity contribution in [2.24, 2.45) is 12.0 Å². The smallest absolute Gasteiger partial charge is 0.407 e. The minimum Gasteiger partial charge on any atom is -0.493 e. The van der Waals surface area contributed by atoms with E-state index in [0.717, 1.165) is 16.5 Å². The maximum Gasteiger partial charge on any atom is 0.407 e. The monoisotopic (exact) mass is 495 g/mol. The highest BCUT2D eigenvalue weighted by atomic mass is 35.5. The van der Waals surface area contributed by atoms with Crippen LogP contribution >= 0.6 is 23.2 Å². The van der Waals surface area contributed by atoms with Crippen LogP contribution in [-0.4, -0.2) is 34.4 Å². The van der Waals surface area contributed by atoms with Gasteiger partial charge in [0.05, 0.1) is 28.5 Å². The normalized spacial score (nSPS) is 17.7. The summed E-state index contributed by atoms with van der Waals surface area (Å²) in [5.41, 5.74) is 0.314. The van der Waals surface area contributed by atoms with E-state index in [2.05, 4.69) is 15.3 Å². The molecule has 1 aliphatic heterocycles. The number of fused-ring (bicyclic) bond motifs is 2. The first kappa shape index (κ1) is 19.6. The molecule has 1 aliphatic rings. The Bertz CT molecular complexity index is 1420. The van der Waals surface area contributed by atoms with Crippen LogP contribution in [-0.2, 0) is 11.7 Å². The Kier molecular flexibility index (Phi) is 5.25. The molecular weight excluding hydrogens is 470 g/mol. The fourth-order valence-corrected chi connectivity index (χ4v) is 3.73. The van der Waals surface area contributed by atoms with Gasteiger partial charge >= 0.3 is 6.09 Å². The van der Waals surface area contributed by atoms with E-state index in [1.54, 1.807) is 32.9 Å². The number of hydrogen-bond donors (Lipinski definition) is 1. The van der Waals surface area contributed by atoms with Gasteiger partial charge in [-0.2, -0.15) is 0 Å². The third-order valence-corrected chi connectivity index (χ3v) is 5.72. The molecule has 0 aliphatic carbocycles. The number of benzene rings is 2. The van der Waals surface area contributed by atoms with Crippen molar-refractivity contribution in [1.29, 1.82) is 0 Å². The van der Waals surface area contributed by atoms with Crippen LogP contribution in [0.5, 0.6) is 5.75 Å². The Hall–Kier alpha value is -2.84. The number of ether oxygens (including phenoxy) is 2. The quantitative estimate of drug-likeness (QED) is 0.503. The summed E-state index contributed by atoms with van der Waals surface area (Å²) in [5, 5.41) is 2.84. The zero-order valence-corrected chi connectivity index (χ0v) is 19.6. The topological polar surface area (TPSA) is 77.7 Å². The first-order valence-electron chi connectivity index (χ1n) is 11.6. The summed E-state index contributed by atoms with van der Waals surface area (Å²) in [7, 11) is 0. The van der Waals surface area contributed by atoms with Gasteiger partial charge < -0.3 is 19.4 Å². The average Bonchev–Trinajstić information content (AvgIpc) is 3.16. The zero-order valence-electron chi connectivity index (χ0n) is 21.1. The Morgan fingerprint density at radius 3 is 2.94 bits per heavy atom. The highest BCUT2D eigenvalue weighted by Crippen LogP contribution is 2.36. The number of nitrogens with zero attached hydrogens (tertiary/aromatic N) is 3. The molecule has 1 unspecified atom stereocenters. The molecule has 10 heteroatoms. The minimum absolute atomic E-state index is 0.0366. The predicted octanol–water partition coefficient (Wildman–Crippen LogP) is 5.25. The minimum atomic E-state index is -2.54. The molecule has 174 valence electrons. The fourth-order valence-electron chi connectivity index (χ4n) is 3.43. The van der Waals surface area contributed by atoms with E-state index < -0.39 is 24.5 Å². The van der Waals surface area contributed by atoms with Crippen molar-refractivity contribution < 1.29 is 22.8 Å². The van der Waals surface area contributed by atoms with Crippen LogP contribution in [0.1, 0.15) is 36.4 Å². The number of halogens is 3. The van der Waals surface area contributed by atoms with Crippen molar-refractivity contribution in [3.8, 4) is 5.75 Å². The lowest BCUT2D eigenvalue weighted by atomic mass is 9.99. The van der Waals surface area contributed by atoms with E-state index in [0.29, 0.717) is 11.1 Å². The first-order valence-corrected chi connectivity index (χ1v) is 10.8. The second-order valence-corrected chi connectivity index (χ2v) is 9.33. The third-order valence-electron chi connectivity index (χ3n) is 4.94. The van der Waals surface area contributed by atoms with Gasteiger partial charge in [-0.3, -0.25) is 0 Å². The van der Waals surface area contributed by atoms with Crippen molar-refractivity contribution >= 4 is 45.9 Å². The average molecular weight is 496 g/mol. The summed E-state index contributed by atoms with van der Waals surface area (Å²) in [6.07, 6.45) is 0.552. The van der Waals surface area contributed by atoms with E-state index in [1.807, 2.05) is 0 Å². The molecule has 0 spiro atoms. The van der Waals surface area contributed by atoms with Gasteiger partial charge in [0.2, 0.25) is 0 Å². The molecule has 0 saturated heterocycles. The summed E-state index contributed by atoms with van der Waals surface area (Å²) in [6.45, 7) is 3.24. The van der Waals surface area contributed by atoms with Crippen LogP contribution in [0, 0.1) is 5.82 Å². The van der Waals surface area contributed by atoms with Crippen molar-refractivity contribution in [2.45, 2.75) is 32.3 Å². The molecule has 0 fully saturated rings. The molecule has 7 nitrogen and oxygen atoms in total. The molecule has 1 amide bonds. The molecule has 1 atom stereocenters. The van der Waals surface area contributed by atoms with Crippen LogP contribution in [0.25, 0.3) is 10.9 Å². The third kappa shape index (κ3) is 4.91. The van der Waals surface area contributed by atoms with E-state index >= 15 is 0 Å². The molecular formula is C23H23Cl2FN4O3. The number of carbonyl (C=O) groups excluding carboxylic acids is 1. The molecule has 0 radical (unpaired) electrons. The van der Waals surface area contributed by atoms with E-state index in [1.165, 1.54) is 12.1 Å². The summed E-state index contributed by atoms with van der Waals surface area (Å²) >= 11 is 11.8. The van der Waals surface area contributed by atoms with Crippen LogP contribution in [0.3, 0.4) is 0 Å². The number of hydrogen-bond acceptors (Lipinski definition) is 5. The number of carbonyl (C=O) groups is 1. The molecule has 0 saturated carbocycles. The molecule has 33 heavy (non-hydrogen) atoms. The van der Waals surface area contributed by atoms with Crippen LogP contribution < -0.4 is 15.5 Å². The molecule has 4 rings (SSSR count). The lowest BCUT2D eigenvalue weighted by Crippen LogP contribution is -2.35. The second-order valence-electron chi connectivity index (χ2n) is 8.54. The summed E-state index contributed by atoms with van der Waals surface area (Å²) < 4.78 is 50.4. The SMILES string of the molecule is [2H]C([2H])([2H])n1cn/c(=N\c2ccc(Cl)c(Cl)c2F)c2cc3c(cc21)OCC3CNC(=O)OC(C)(C)C. The predicted molar refractivity (Wildman–Crippen MR) is 125 cm³/mol. The maximum absolute atomic E-state index is 14.7. The van der Waals surface area contributed by atoms with Gasteiger partial charge in [0, 0.05) is 40.6 Å². The lowest BCUT2D eigenvalue weighted by Gasteiger charge is -2.20. The van der Waals surface area contributed by atoms with Crippen molar-refractivity contribution in [3.63, 3.8) is 0 Å². The van der Waals surface area contributed by atoms with Crippen molar-refractivity contribution in [1.82, 2.24) is 14.9 Å². The molecule has 2 heterocycles. The summed E-state index contributed by atoms with van der Waals surface area (Å²) in [5.74, 6) is -0.599. The zero-order chi connectivity index (χ0) is 26.4. The van der Waals surface area contributed by atoms with E-state index in [-0.39, 0.29) is 45.8 Å². The molecule has 2 aromatic carbocycles. The fraction of sp³-hybridized carbons (Fsp3) is 0.348. The highest BCUT2D eigenvalue weighted by Gasteiger charge is 2.27. The standard InChI is InChI=1S/C23H23Cl2FN4O3/c1-23(2,3)33-22(31)27-9-12-10-32-18-8-17-14(7-13(12)18)21(28-11-30(17)4)29-16-6-5-15(24)19(25)20(16)26/h5-8,11-12H,9-10H2,1-4H3,(H,27,31)/b29-21-/i4D3. The highest BCUT2D eigenvalue weighted by molar-refractivity contribution is 6.42. The maximum atomic E-state index is 14.7. The van der Waals surface area contributed by atoms with Crippen LogP contribution in [0.15, 0.2) is 35.6 Å². The lowest BCUT2D eigenvalue weighted by molar-refractivity contribution is 0.0523. The van der Waals surface area contributed by atoms with E-state index in [4.69, 9.17) is 36.8 Å². The largest absolute Gasteiger partial charge is 0.493 e. The second kappa shape index (κ2) is 8.83. The Balaban J connectivity index is 1.81. The first-order chi connectivity index (χ1) is 16.7. The van der Waals surface area contributed by atoms with Gasteiger partial charge in [-0.05, 0) is 39.0 Å². The van der Waals surface area contributed by atoms with Gasteiger partial charge in [0.25, 0.3) is 0 Å². The molecule has 1 aromatic heterocycles. The Morgan fingerprint density at radius 1 is 1.42 bits per heavy atom. The number of amides is 1. The van der Waals surface area contributed by atoms with Gasteiger partial charge in [-0.1, -0.05) is 23.2 Å². The number of rotatable bonds is 3. The Morgan fingerprint density at radius 2 is 2.21 bits per heavy atom. The number of aryl methyl sites for hydroxylation is 1. The van der Waals surface area contributed by atoms with Crippen molar-refractivity contribution in [3.05, 3.63) is 57.5 Å². The van der Waals surface area contributed by atoms with Gasteiger partial charge in [-0.25, -0.2) is 19.2 Å². The molecule has 0 bridgehead atoms. The molecule has 3 aromatic rings.